The molecule has 1 heterocycles. The molecule has 0 bridgehead atoms. The largest absolute Gasteiger partial charge is 0.493 e. The van der Waals surface area contributed by atoms with Gasteiger partial charge in [-0.3, -0.25) is 4.79 Å². The number of aldehydes is 1. The molecule has 122 valence electrons. The van der Waals surface area contributed by atoms with E-state index in [0.717, 1.165) is 5.56 Å². The standard InChI is InChI=1S/C18H14O6/c1-22-15-8-11(10-19)6-7-14(15)23-18(21)16-9-12-4-2-3-5-13(12)17(20)24-16/h2-8,10,16H,9H2,1H3/t16-/m0/s1. The molecule has 2 aromatic carbocycles. The van der Waals surface area contributed by atoms with E-state index < -0.39 is 18.0 Å². The number of cyclic esters (lactones) is 1. The fourth-order valence-corrected chi connectivity index (χ4v) is 2.48. The van der Waals surface area contributed by atoms with Gasteiger partial charge in [0.15, 0.2) is 11.5 Å². The van der Waals surface area contributed by atoms with Crippen LogP contribution < -0.4 is 9.47 Å². The average molecular weight is 326 g/mol. The van der Waals surface area contributed by atoms with Crippen molar-refractivity contribution in [2.75, 3.05) is 7.11 Å². The highest BCUT2D eigenvalue weighted by Crippen LogP contribution is 2.29. The molecule has 0 aromatic heterocycles. The number of hydrogen-bond donors (Lipinski definition) is 0. The fourth-order valence-electron chi connectivity index (χ4n) is 2.48. The second-order valence-electron chi connectivity index (χ2n) is 5.20. The summed E-state index contributed by atoms with van der Waals surface area (Å²) in [7, 11) is 1.40. The molecule has 6 nitrogen and oxygen atoms in total. The molecule has 0 unspecified atom stereocenters. The van der Waals surface area contributed by atoms with Gasteiger partial charge in [0.1, 0.15) is 6.29 Å². The quantitative estimate of drug-likeness (QED) is 0.487. The highest BCUT2D eigenvalue weighted by Gasteiger charge is 2.32. The van der Waals surface area contributed by atoms with Crippen molar-refractivity contribution in [3.8, 4) is 11.5 Å². The Morgan fingerprint density at radius 3 is 2.75 bits per heavy atom. The molecule has 0 saturated heterocycles. The van der Waals surface area contributed by atoms with Gasteiger partial charge in [-0.05, 0) is 29.8 Å². The molecule has 1 atom stereocenters. The summed E-state index contributed by atoms with van der Waals surface area (Å²) in [4.78, 5) is 35.1. The van der Waals surface area contributed by atoms with Gasteiger partial charge in [-0.15, -0.1) is 0 Å². The minimum Gasteiger partial charge on any atom is -0.493 e. The monoisotopic (exact) mass is 326 g/mol. The second kappa shape index (κ2) is 6.54. The number of esters is 2. The zero-order chi connectivity index (χ0) is 17.1. The number of fused-ring (bicyclic) bond motifs is 1. The van der Waals surface area contributed by atoms with E-state index in [-0.39, 0.29) is 17.9 Å². The summed E-state index contributed by atoms with van der Waals surface area (Å²) >= 11 is 0. The molecule has 24 heavy (non-hydrogen) atoms. The maximum atomic E-state index is 12.3. The molecule has 0 spiro atoms. The molecule has 6 heteroatoms. The summed E-state index contributed by atoms with van der Waals surface area (Å²) in [6.07, 6.45) is -0.119. The molecule has 1 aliphatic heterocycles. The minimum absolute atomic E-state index is 0.156. The van der Waals surface area contributed by atoms with E-state index in [1.807, 2.05) is 0 Å². The van der Waals surface area contributed by atoms with Gasteiger partial charge in [0.2, 0.25) is 6.10 Å². The number of hydrogen-bond acceptors (Lipinski definition) is 6. The second-order valence-corrected chi connectivity index (χ2v) is 5.20. The Hall–Kier alpha value is -3.15. The Labute approximate surface area is 137 Å². The van der Waals surface area contributed by atoms with Crippen molar-refractivity contribution < 1.29 is 28.6 Å². The third-order valence-electron chi connectivity index (χ3n) is 3.69. The Morgan fingerprint density at radius 1 is 1.21 bits per heavy atom. The van der Waals surface area contributed by atoms with Crippen LogP contribution >= 0.6 is 0 Å². The van der Waals surface area contributed by atoms with E-state index in [1.165, 1.54) is 25.3 Å². The first-order valence-corrected chi connectivity index (χ1v) is 7.26. The molecule has 0 N–H and O–H groups in total. The lowest BCUT2D eigenvalue weighted by molar-refractivity contribution is -0.144. The number of benzene rings is 2. The summed E-state index contributed by atoms with van der Waals surface area (Å²) < 4.78 is 15.5. The lowest BCUT2D eigenvalue weighted by Gasteiger charge is -2.23. The van der Waals surface area contributed by atoms with Crippen LogP contribution in [0.5, 0.6) is 11.5 Å². The van der Waals surface area contributed by atoms with Crippen LogP contribution in [-0.2, 0) is 16.0 Å². The first-order chi connectivity index (χ1) is 11.6. The van der Waals surface area contributed by atoms with Crippen LogP contribution in [0.1, 0.15) is 26.3 Å². The van der Waals surface area contributed by atoms with Crippen molar-refractivity contribution in [1.82, 2.24) is 0 Å². The summed E-state index contributed by atoms with van der Waals surface area (Å²) in [5, 5.41) is 0. The normalized spacial score (nSPS) is 15.9. The average Bonchev–Trinajstić information content (AvgIpc) is 2.62. The third-order valence-corrected chi connectivity index (χ3v) is 3.69. The van der Waals surface area contributed by atoms with Gasteiger partial charge in [-0.1, -0.05) is 18.2 Å². The molecular weight excluding hydrogens is 312 g/mol. The van der Waals surface area contributed by atoms with Crippen molar-refractivity contribution >= 4 is 18.2 Å². The van der Waals surface area contributed by atoms with Gasteiger partial charge >= 0.3 is 11.9 Å². The van der Waals surface area contributed by atoms with E-state index in [1.54, 1.807) is 24.3 Å². The molecule has 1 aliphatic rings. The lowest BCUT2D eigenvalue weighted by Crippen LogP contribution is -2.37. The van der Waals surface area contributed by atoms with Crippen LogP contribution in [0.15, 0.2) is 42.5 Å². The van der Waals surface area contributed by atoms with E-state index in [9.17, 15) is 14.4 Å². The maximum Gasteiger partial charge on any atom is 0.353 e. The van der Waals surface area contributed by atoms with Crippen molar-refractivity contribution in [3.63, 3.8) is 0 Å². The Balaban J connectivity index is 1.79. The number of methoxy groups -OCH3 is 1. The molecule has 0 fully saturated rings. The fraction of sp³-hybridized carbons (Fsp3) is 0.167. The summed E-state index contributed by atoms with van der Waals surface area (Å²) in [5.41, 5.74) is 1.58. The van der Waals surface area contributed by atoms with Gasteiger partial charge in [0, 0.05) is 12.0 Å². The molecule has 2 aromatic rings. The van der Waals surface area contributed by atoms with Gasteiger partial charge in [0.05, 0.1) is 12.7 Å². The van der Waals surface area contributed by atoms with Crippen LogP contribution in [0.2, 0.25) is 0 Å². The summed E-state index contributed by atoms with van der Waals surface area (Å²) in [5.74, 6) is -0.851. The smallest absolute Gasteiger partial charge is 0.353 e. The summed E-state index contributed by atoms with van der Waals surface area (Å²) in [6, 6.07) is 11.4. The minimum atomic E-state index is -1.03. The van der Waals surface area contributed by atoms with Crippen molar-refractivity contribution in [1.29, 1.82) is 0 Å². The highest BCUT2D eigenvalue weighted by atomic mass is 16.6. The van der Waals surface area contributed by atoms with E-state index in [2.05, 4.69) is 0 Å². The van der Waals surface area contributed by atoms with Crippen LogP contribution in [0, 0.1) is 0 Å². The van der Waals surface area contributed by atoms with Crippen LogP contribution in [0.25, 0.3) is 0 Å². The van der Waals surface area contributed by atoms with Crippen LogP contribution in [0.3, 0.4) is 0 Å². The number of ether oxygens (including phenoxy) is 3. The van der Waals surface area contributed by atoms with Crippen LogP contribution in [-0.4, -0.2) is 31.4 Å². The van der Waals surface area contributed by atoms with E-state index in [0.29, 0.717) is 17.4 Å². The zero-order valence-electron chi connectivity index (χ0n) is 12.9. The Bertz CT molecular complexity index is 811. The molecule has 0 saturated carbocycles. The molecule has 0 aliphatic carbocycles. The molecule has 0 amide bonds. The highest BCUT2D eigenvalue weighted by molar-refractivity contribution is 5.95. The van der Waals surface area contributed by atoms with Crippen molar-refractivity contribution in [3.05, 3.63) is 59.2 Å². The zero-order valence-corrected chi connectivity index (χ0v) is 12.9. The molecule has 0 radical (unpaired) electrons. The van der Waals surface area contributed by atoms with Crippen LogP contribution in [0.4, 0.5) is 0 Å². The van der Waals surface area contributed by atoms with Crippen molar-refractivity contribution in [2.45, 2.75) is 12.5 Å². The topological polar surface area (TPSA) is 78.9 Å². The SMILES string of the molecule is COc1cc(C=O)ccc1OC(=O)[C@@H]1Cc2ccccc2C(=O)O1. The van der Waals surface area contributed by atoms with Gasteiger partial charge in [-0.25, -0.2) is 9.59 Å². The third kappa shape index (κ3) is 2.99. The lowest BCUT2D eigenvalue weighted by atomic mass is 9.99. The number of carbonyl (C=O) groups excluding carboxylic acids is 3. The Morgan fingerprint density at radius 2 is 2.00 bits per heavy atom. The first kappa shape index (κ1) is 15.7. The van der Waals surface area contributed by atoms with Crippen molar-refractivity contribution in [2.24, 2.45) is 0 Å². The summed E-state index contributed by atoms with van der Waals surface area (Å²) in [6.45, 7) is 0. The van der Waals surface area contributed by atoms with Gasteiger partial charge in [-0.2, -0.15) is 0 Å². The predicted octanol–water partition coefficient (Wildman–Crippen LogP) is 2.19. The molecule has 3 rings (SSSR count). The van der Waals surface area contributed by atoms with E-state index >= 15 is 0 Å². The van der Waals surface area contributed by atoms with Gasteiger partial charge < -0.3 is 14.2 Å². The first-order valence-electron chi connectivity index (χ1n) is 7.26. The van der Waals surface area contributed by atoms with E-state index in [4.69, 9.17) is 14.2 Å². The number of carbonyl (C=O) groups is 3. The maximum absolute atomic E-state index is 12.3. The predicted molar refractivity (Wildman–Crippen MR) is 83.4 cm³/mol. The Kier molecular flexibility index (Phi) is 4.29. The van der Waals surface area contributed by atoms with Gasteiger partial charge in [0.25, 0.3) is 0 Å². The number of rotatable bonds is 4. The molecular formula is C18H14O6.